The number of aromatic nitrogens is 4. The van der Waals surface area contributed by atoms with E-state index in [-0.39, 0.29) is 5.91 Å². The molecule has 0 saturated heterocycles. The SMILES string of the molecule is CC(C(=O)NCc1ccc(-n2cnc3ccccc32)nc1)n1c(=O)oc2ccccc21. The second kappa shape index (κ2) is 7.56. The van der Waals surface area contributed by atoms with Crippen LogP contribution in [0.4, 0.5) is 0 Å². The molecule has 1 atom stereocenters. The average molecular weight is 413 g/mol. The number of oxazole rings is 1. The molecule has 3 aromatic heterocycles. The number of carbonyl (C=O) groups excluding carboxylic acids is 1. The highest BCUT2D eigenvalue weighted by Gasteiger charge is 2.21. The molecule has 0 aliphatic heterocycles. The number of nitrogens with one attached hydrogen (secondary N) is 1. The Labute approximate surface area is 176 Å². The Balaban J connectivity index is 1.30. The molecule has 8 nitrogen and oxygen atoms in total. The molecule has 1 unspecified atom stereocenters. The average Bonchev–Trinajstić information content (AvgIpc) is 3.37. The van der Waals surface area contributed by atoms with Crippen molar-refractivity contribution in [1.29, 1.82) is 0 Å². The van der Waals surface area contributed by atoms with Gasteiger partial charge in [-0.15, -0.1) is 0 Å². The van der Waals surface area contributed by atoms with E-state index in [1.807, 2.05) is 41.0 Å². The van der Waals surface area contributed by atoms with Gasteiger partial charge in [0, 0.05) is 12.7 Å². The van der Waals surface area contributed by atoms with Crippen LogP contribution in [0.1, 0.15) is 18.5 Å². The van der Waals surface area contributed by atoms with Crippen molar-refractivity contribution in [2.75, 3.05) is 0 Å². The van der Waals surface area contributed by atoms with Crippen LogP contribution in [-0.4, -0.2) is 25.0 Å². The predicted molar refractivity (Wildman–Crippen MR) is 116 cm³/mol. The van der Waals surface area contributed by atoms with Crippen LogP contribution in [0, 0.1) is 0 Å². The van der Waals surface area contributed by atoms with Crippen LogP contribution >= 0.6 is 0 Å². The molecule has 8 heteroatoms. The number of benzene rings is 2. The van der Waals surface area contributed by atoms with Gasteiger partial charge in [0.1, 0.15) is 18.2 Å². The number of fused-ring (bicyclic) bond motifs is 2. The number of carbonyl (C=O) groups is 1. The van der Waals surface area contributed by atoms with Crippen molar-refractivity contribution in [3.8, 4) is 5.82 Å². The van der Waals surface area contributed by atoms with Gasteiger partial charge in [-0.2, -0.15) is 0 Å². The summed E-state index contributed by atoms with van der Waals surface area (Å²) in [5, 5.41) is 2.86. The van der Waals surface area contributed by atoms with Gasteiger partial charge in [0.15, 0.2) is 5.58 Å². The summed E-state index contributed by atoms with van der Waals surface area (Å²) in [6.07, 6.45) is 3.46. The zero-order valence-electron chi connectivity index (χ0n) is 16.7. The van der Waals surface area contributed by atoms with Crippen molar-refractivity contribution in [2.45, 2.75) is 19.5 Å². The van der Waals surface area contributed by atoms with E-state index in [0.29, 0.717) is 17.6 Å². The Morgan fingerprint density at radius 1 is 1.03 bits per heavy atom. The van der Waals surface area contributed by atoms with Crippen molar-refractivity contribution >= 4 is 28.0 Å². The molecule has 5 aromatic rings. The molecule has 0 bridgehead atoms. The lowest BCUT2D eigenvalue weighted by atomic mass is 10.2. The van der Waals surface area contributed by atoms with Crippen LogP contribution in [0.25, 0.3) is 28.0 Å². The number of nitrogens with zero attached hydrogens (tertiary/aromatic N) is 4. The standard InChI is InChI=1S/C23H19N5O3/c1-15(28-19-8-4-5-9-20(19)31-23(28)30)22(29)25-13-16-10-11-21(24-12-16)27-14-26-17-6-2-3-7-18(17)27/h2-12,14-15H,13H2,1H3,(H,25,29). The van der Waals surface area contributed by atoms with E-state index in [1.54, 1.807) is 43.7 Å². The smallest absolute Gasteiger partial charge is 0.408 e. The van der Waals surface area contributed by atoms with E-state index in [1.165, 1.54) is 4.57 Å². The van der Waals surface area contributed by atoms with Gasteiger partial charge in [-0.1, -0.05) is 30.3 Å². The molecule has 0 radical (unpaired) electrons. The predicted octanol–water partition coefficient (Wildman–Crippen LogP) is 3.21. The van der Waals surface area contributed by atoms with E-state index in [4.69, 9.17) is 4.42 Å². The first-order valence-electron chi connectivity index (χ1n) is 9.87. The molecular formula is C23H19N5O3. The lowest BCUT2D eigenvalue weighted by Gasteiger charge is -2.13. The van der Waals surface area contributed by atoms with Gasteiger partial charge in [0.2, 0.25) is 5.91 Å². The number of imidazole rings is 1. The first-order valence-corrected chi connectivity index (χ1v) is 9.87. The molecule has 5 rings (SSSR count). The van der Waals surface area contributed by atoms with Gasteiger partial charge >= 0.3 is 5.76 Å². The van der Waals surface area contributed by atoms with Crippen LogP contribution in [0.3, 0.4) is 0 Å². The van der Waals surface area contributed by atoms with E-state index >= 15 is 0 Å². The van der Waals surface area contributed by atoms with Gasteiger partial charge in [-0.25, -0.2) is 14.8 Å². The molecule has 2 aromatic carbocycles. The maximum absolute atomic E-state index is 12.7. The monoisotopic (exact) mass is 413 g/mol. The normalized spacial score (nSPS) is 12.3. The summed E-state index contributed by atoms with van der Waals surface area (Å²) >= 11 is 0. The second-order valence-electron chi connectivity index (χ2n) is 7.23. The van der Waals surface area contributed by atoms with Crippen LogP contribution in [0.15, 0.2) is 82.4 Å². The number of rotatable bonds is 5. The highest BCUT2D eigenvalue weighted by molar-refractivity contribution is 5.83. The number of hydrogen-bond donors (Lipinski definition) is 1. The summed E-state index contributed by atoms with van der Waals surface area (Å²) in [4.78, 5) is 33.7. The van der Waals surface area contributed by atoms with Crippen LogP contribution in [0.2, 0.25) is 0 Å². The fraction of sp³-hybridized carbons (Fsp3) is 0.130. The lowest BCUT2D eigenvalue weighted by Crippen LogP contribution is -2.34. The Kier molecular flexibility index (Phi) is 4.59. The fourth-order valence-corrected chi connectivity index (χ4v) is 3.61. The topological polar surface area (TPSA) is 95.0 Å². The Morgan fingerprint density at radius 3 is 2.61 bits per heavy atom. The zero-order chi connectivity index (χ0) is 21.4. The molecule has 3 heterocycles. The van der Waals surface area contributed by atoms with Gasteiger partial charge in [-0.3, -0.25) is 13.9 Å². The van der Waals surface area contributed by atoms with Crippen molar-refractivity contribution in [2.24, 2.45) is 0 Å². The van der Waals surface area contributed by atoms with E-state index < -0.39 is 11.8 Å². The van der Waals surface area contributed by atoms with Gasteiger partial charge in [0.25, 0.3) is 0 Å². The van der Waals surface area contributed by atoms with Crippen molar-refractivity contribution in [1.82, 2.24) is 24.4 Å². The molecule has 0 aliphatic rings. The summed E-state index contributed by atoms with van der Waals surface area (Å²) < 4.78 is 8.49. The quantitative estimate of drug-likeness (QED) is 0.477. The van der Waals surface area contributed by atoms with Gasteiger partial charge in [-0.05, 0) is 42.8 Å². The van der Waals surface area contributed by atoms with Gasteiger partial charge in [0.05, 0.1) is 16.6 Å². The molecule has 0 aliphatic carbocycles. The van der Waals surface area contributed by atoms with E-state index in [0.717, 1.165) is 22.4 Å². The minimum atomic E-state index is -0.708. The zero-order valence-corrected chi connectivity index (χ0v) is 16.7. The Bertz CT molecular complexity index is 1450. The minimum absolute atomic E-state index is 0.279. The summed E-state index contributed by atoms with van der Waals surface area (Å²) in [6, 6.07) is 18.0. The fourth-order valence-electron chi connectivity index (χ4n) is 3.61. The van der Waals surface area contributed by atoms with E-state index in [2.05, 4.69) is 15.3 Å². The summed E-state index contributed by atoms with van der Waals surface area (Å²) in [5.41, 5.74) is 3.77. The highest BCUT2D eigenvalue weighted by atomic mass is 16.4. The van der Waals surface area contributed by atoms with Crippen LogP contribution in [0.5, 0.6) is 0 Å². The molecular weight excluding hydrogens is 394 g/mol. The number of amides is 1. The Hall–Kier alpha value is -4.20. The van der Waals surface area contributed by atoms with E-state index in [9.17, 15) is 9.59 Å². The maximum Gasteiger partial charge on any atom is 0.420 e. The third-order valence-corrected chi connectivity index (χ3v) is 5.26. The van der Waals surface area contributed by atoms with Crippen molar-refractivity contribution in [3.05, 3.63) is 89.3 Å². The van der Waals surface area contributed by atoms with Crippen molar-refractivity contribution < 1.29 is 9.21 Å². The molecule has 1 N–H and O–H groups in total. The second-order valence-corrected chi connectivity index (χ2v) is 7.23. The summed E-state index contributed by atoms with van der Waals surface area (Å²) in [7, 11) is 0. The molecule has 154 valence electrons. The molecule has 31 heavy (non-hydrogen) atoms. The number of para-hydroxylation sites is 4. The van der Waals surface area contributed by atoms with Crippen LogP contribution < -0.4 is 11.1 Å². The summed E-state index contributed by atoms with van der Waals surface area (Å²) in [5.74, 6) is -0.0886. The third kappa shape index (κ3) is 3.38. The molecule has 0 fully saturated rings. The van der Waals surface area contributed by atoms with Gasteiger partial charge < -0.3 is 9.73 Å². The summed E-state index contributed by atoms with van der Waals surface area (Å²) in [6.45, 7) is 1.97. The first kappa shape index (κ1) is 18.8. The first-order chi connectivity index (χ1) is 15.1. The van der Waals surface area contributed by atoms with Crippen molar-refractivity contribution in [3.63, 3.8) is 0 Å². The number of pyridine rings is 1. The molecule has 0 saturated carbocycles. The Morgan fingerprint density at radius 2 is 1.81 bits per heavy atom. The highest BCUT2D eigenvalue weighted by Crippen LogP contribution is 2.18. The molecule has 0 spiro atoms. The largest absolute Gasteiger partial charge is 0.420 e. The van der Waals surface area contributed by atoms with Crippen LogP contribution in [-0.2, 0) is 11.3 Å². The number of hydrogen-bond acceptors (Lipinski definition) is 5. The maximum atomic E-state index is 12.7. The third-order valence-electron chi connectivity index (χ3n) is 5.26. The minimum Gasteiger partial charge on any atom is -0.408 e. The molecule has 1 amide bonds. The lowest BCUT2D eigenvalue weighted by molar-refractivity contribution is -0.124.